The molecule has 3 aromatic rings. The van der Waals surface area contributed by atoms with Crippen LogP contribution in [0.3, 0.4) is 0 Å². The molecular formula is C27H17ClFN3O. The van der Waals surface area contributed by atoms with E-state index in [0.29, 0.717) is 16.3 Å². The highest BCUT2D eigenvalue weighted by Gasteiger charge is 2.63. The number of anilines is 1. The minimum absolute atomic E-state index is 0.174. The highest BCUT2D eigenvalue weighted by atomic mass is 35.5. The van der Waals surface area contributed by atoms with Gasteiger partial charge in [0.05, 0.1) is 18.2 Å². The van der Waals surface area contributed by atoms with Gasteiger partial charge >= 0.3 is 0 Å². The number of nitriles is 2. The second-order valence-corrected chi connectivity index (χ2v) is 8.62. The Bertz CT molecular complexity index is 1360. The Labute approximate surface area is 195 Å². The molecule has 0 saturated carbocycles. The predicted octanol–water partition coefficient (Wildman–Crippen LogP) is 5.76. The third kappa shape index (κ3) is 3.05. The molecule has 3 atom stereocenters. The molecular weight excluding hydrogens is 437 g/mol. The van der Waals surface area contributed by atoms with Gasteiger partial charge in [0.15, 0.2) is 11.2 Å². The van der Waals surface area contributed by atoms with E-state index in [-0.39, 0.29) is 11.3 Å². The molecule has 1 saturated heterocycles. The average molecular weight is 454 g/mol. The number of Topliss-reactive ketones (excluding diaryl/α,β-unsaturated/α-hetero) is 1. The molecule has 2 aliphatic heterocycles. The van der Waals surface area contributed by atoms with Crippen LogP contribution in [0.15, 0.2) is 78.9 Å². The van der Waals surface area contributed by atoms with Crippen molar-refractivity contribution in [3.63, 3.8) is 0 Å². The minimum Gasteiger partial charge on any atom is -0.351 e. The summed E-state index contributed by atoms with van der Waals surface area (Å²) in [4.78, 5) is 15.8. The molecule has 6 heteroatoms. The number of benzene rings is 3. The molecule has 5 rings (SSSR count). The van der Waals surface area contributed by atoms with Crippen LogP contribution in [-0.2, 0) is 0 Å². The van der Waals surface area contributed by atoms with E-state index in [2.05, 4.69) is 12.1 Å². The van der Waals surface area contributed by atoms with Crippen molar-refractivity contribution in [1.29, 1.82) is 10.5 Å². The van der Waals surface area contributed by atoms with Gasteiger partial charge in [-0.15, -0.1) is 0 Å². The fourth-order valence-corrected chi connectivity index (χ4v) is 5.29. The van der Waals surface area contributed by atoms with Crippen LogP contribution in [0.2, 0.25) is 5.02 Å². The Balaban J connectivity index is 1.81. The van der Waals surface area contributed by atoms with E-state index in [0.717, 1.165) is 5.56 Å². The van der Waals surface area contributed by atoms with Crippen molar-refractivity contribution in [1.82, 2.24) is 0 Å². The Morgan fingerprint density at radius 1 is 1.00 bits per heavy atom. The molecule has 0 spiro atoms. The molecule has 0 amide bonds. The Morgan fingerprint density at radius 2 is 1.70 bits per heavy atom. The maximum atomic E-state index is 15.1. The Hall–Kier alpha value is -3.93. The summed E-state index contributed by atoms with van der Waals surface area (Å²) >= 11 is 6.20. The smallest absolute Gasteiger partial charge is 0.185 e. The lowest BCUT2D eigenvalue weighted by atomic mass is 9.69. The molecule has 3 aromatic carbocycles. The lowest BCUT2D eigenvalue weighted by Gasteiger charge is -2.35. The van der Waals surface area contributed by atoms with Gasteiger partial charge in [-0.25, -0.2) is 4.39 Å². The van der Waals surface area contributed by atoms with Crippen LogP contribution in [0.25, 0.3) is 6.08 Å². The summed E-state index contributed by atoms with van der Waals surface area (Å²) in [5, 5.41) is 21.2. The first-order chi connectivity index (χ1) is 16.0. The fraction of sp³-hybridized carbons (Fsp3) is 0.148. The van der Waals surface area contributed by atoms with Gasteiger partial charge in [0.2, 0.25) is 0 Å². The van der Waals surface area contributed by atoms with E-state index in [4.69, 9.17) is 11.6 Å². The van der Waals surface area contributed by atoms with Gasteiger partial charge < -0.3 is 4.90 Å². The van der Waals surface area contributed by atoms with Gasteiger partial charge in [-0.2, -0.15) is 10.5 Å². The van der Waals surface area contributed by atoms with Crippen LogP contribution in [0.1, 0.15) is 27.4 Å². The number of halogens is 2. The van der Waals surface area contributed by atoms with Crippen molar-refractivity contribution in [3.8, 4) is 12.1 Å². The third-order valence-electron chi connectivity index (χ3n) is 6.54. The molecule has 0 aromatic heterocycles. The van der Waals surface area contributed by atoms with Crippen molar-refractivity contribution >= 4 is 29.1 Å². The number of fused-ring (bicyclic) bond motifs is 3. The molecule has 0 N–H and O–H groups in total. The zero-order valence-corrected chi connectivity index (χ0v) is 18.1. The van der Waals surface area contributed by atoms with Crippen molar-refractivity contribution in [2.24, 2.45) is 5.41 Å². The van der Waals surface area contributed by atoms with Crippen LogP contribution in [0.5, 0.6) is 0 Å². The molecule has 2 aliphatic rings. The standard InChI is InChI=1S/C27H17ClFN3O/c28-19-11-12-22-18(14-19)10-13-23-27(15-30,16-31)24(20-8-4-5-9-21(20)29)25(32(22)23)26(33)17-6-2-1-3-7-17/h1-14,23-25H/t23-,24+,25-/m0/s1. The summed E-state index contributed by atoms with van der Waals surface area (Å²) in [6.45, 7) is 0. The van der Waals surface area contributed by atoms with E-state index in [9.17, 15) is 15.3 Å². The van der Waals surface area contributed by atoms with Crippen LogP contribution in [-0.4, -0.2) is 17.9 Å². The van der Waals surface area contributed by atoms with Crippen LogP contribution in [0, 0.1) is 33.9 Å². The normalized spacial score (nSPS) is 22.1. The summed E-state index contributed by atoms with van der Waals surface area (Å²) in [5.41, 5.74) is 0.358. The molecule has 160 valence electrons. The summed E-state index contributed by atoms with van der Waals surface area (Å²) in [6.07, 6.45) is 3.55. The van der Waals surface area contributed by atoms with Gasteiger partial charge in [-0.05, 0) is 35.4 Å². The maximum Gasteiger partial charge on any atom is 0.185 e. The highest BCUT2D eigenvalue weighted by molar-refractivity contribution is 6.30. The summed E-state index contributed by atoms with van der Waals surface area (Å²) in [5.74, 6) is -1.85. The molecule has 2 heterocycles. The molecule has 0 bridgehead atoms. The molecule has 0 radical (unpaired) electrons. The second kappa shape index (κ2) is 7.89. The number of hydrogen-bond acceptors (Lipinski definition) is 4. The lowest BCUT2D eigenvalue weighted by Crippen LogP contribution is -2.44. The first-order valence-corrected chi connectivity index (χ1v) is 10.8. The number of nitrogens with zero attached hydrogens (tertiary/aromatic N) is 3. The molecule has 4 nitrogen and oxygen atoms in total. The van der Waals surface area contributed by atoms with E-state index in [1.54, 1.807) is 83.8 Å². The van der Waals surface area contributed by atoms with Gasteiger partial charge in [0.1, 0.15) is 11.9 Å². The monoisotopic (exact) mass is 453 g/mol. The van der Waals surface area contributed by atoms with E-state index >= 15 is 4.39 Å². The molecule has 0 unspecified atom stereocenters. The average Bonchev–Trinajstić information content (AvgIpc) is 3.14. The fourth-order valence-electron chi connectivity index (χ4n) is 5.11. The minimum atomic E-state index is -1.69. The van der Waals surface area contributed by atoms with Crippen LogP contribution < -0.4 is 4.90 Å². The maximum absolute atomic E-state index is 15.1. The van der Waals surface area contributed by atoms with Gasteiger partial charge in [0, 0.05) is 22.2 Å². The summed E-state index contributed by atoms with van der Waals surface area (Å²) in [6, 6.07) is 22.6. The Kier molecular flexibility index (Phi) is 5.01. The summed E-state index contributed by atoms with van der Waals surface area (Å²) < 4.78 is 15.1. The van der Waals surface area contributed by atoms with Crippen molar-refractivity contribution in [2.75, 3.05) is 4.90 Å². The first kappa shape index (κ1) is 20.9. The molecule has 0 aliphatic carbocycles. The second-order valence-electron chi connectivity index (χ2n) is 8.18. The summed E-state index contributed by atoms with van der Waals surface area (Å²) in [7, 11) is 0. The predicted molar refractivity (Wildman–Crippen MR) is 124 cm³/mol. The van der Waals surface area contributed by atoms with E-state index < -0.39 is 29.2 Å². The van der Waals surface area contributed by atoms with Gasteiger partial charge in [-0.3, -0.25) is 4.79 Å². The number of ketones is 1. The zero-order valence-electron chi connectivity index (χ0n) is 17.3. The van der Waals surface area contributed by atoms with Crippen LogP contribution >= 0.6 is 11.6 Å². The number of carbonyl (C=O) groups is 1. The topological polar surface area (TPSA) is 67.9 Å². The number of rotatable bonds is 3. The number of carbonyl (C=O) groups excluding carboxylic acids is 1. The van der Waals surface area contributed by atoms with Crippen molar-refractivity contribution < 1.29 is 9.18 Å². The quantitative estimate of drug-likeness (QED) is 0.472. The lowest BCUT2D eigenvalue weighted by molar-refractivity contribution is 0.0950. The SMILES string of the molecule is N#CC1(C#N)[C@H](c2ccccc2F)[C@@H](C(=O)c2ccccc2)N2c3ccc(Cl)cc3C=C[C@H]21. The third-order valence-corrected chi connectivity index (χ3v) is 6.77. The molecule has 33 heavy (non-hydrogen) atoms. The zero-order chi connectivity index (χ0) is 23.2. The van der Waals surface area contributed by atoms with Crippen LogP contribution in [0.4, 0.5) is 10.1 Å². The molecule has 1 fully saturated rings. The van der Waals surface area contributed by atoms with E-state index in [1.807, 2.05) is 0 Å². The van der Waals surface area contributed by atoms with E-state index in [1.165, 1.54) is 6.07 Å². The highest BCUT2D eigenvalue weighted by Crippen LogP contribution is 2.56. The van der Waals surface area contributed by atoms with Crippen molar-refractivity contribution in [2.45, 2.75) is 18.0 Å². The Morgan fingerprint density at radius 3 is 2.39 bits per heavy atom. The number of hydrogen-bond donors (Lipinski definition) is 0. The largest absolute Gasteiger partial charge is 0.351 e. The van der Waals surface area contributed by atoms with Gasteiger partial charge in [-0.1, -0.05) is 72.3 Å². The van der Waals surface area contributed by atoms with Gasteiger partial charge in [0.25, 0.3) is 0 Å². The first-order valence-electron chi connectivity index (χ1n) is 10.4. The van der Waals surface area contributed by atoms with Crippen molar-refractivity contribution in [3.05, 3.63) is 106 Å².